The molecule has 0 atom stereocenters. The van der Waals surface area contributed by atoms with Gasteiger partial charge in [0, 0.05) is 32.0 Å². The number of rotatable bonds is 6. The van der Waals surface area contributed by atoms with Gasteiger partial charge in [0.05, 0.1) is 29.0 Å². The van der Waals surface area contributed by atoms with Crippen LogP contribution in [0, 0.1) is 5.92 Å². The average Bonchev–Trinajstić information content (AvgIpc) is 3.22. The number of alkyl halides is 2. The highest BCUT2D eigenvalue weighted by Gasteiger charge is 2.36. The Kier molecular flexibility index (Phi) is 6.34. The SMILES string of the molecule is O=C(O)c1cc(N2CCC(CN3CCCC(F)(F)C3)CC2)c2c(C3CCC3)nn(-c3ccccc3)c2n1. The minimum Gasteiger partial charge on any atom is -0.477 e. The lowest BCUT2D eigenvalue weighted by atomic mass is 9.81. The molecule has 196 valence electrons. The fourth-order valence-corrected chi connectivity index (χ4v) is 6.12. The van der Waals surface area contributed by atoms with Gasteiger partial charge in [0.25, 0.3) is 5.92 Å². The predicted molar refractivity (Wildman–Crippen MR) is 138 cm³/mol. The summed E-state index contributed by atoms with van der Waals surface area (Å²) in [6.07, 6.45) is 5.63. The lowest BCUT2D eigenvalue weighted by Crippen LogP contribution is -2.46. The Labute approximate surface area is 215 Å². The first-order chi connectivity index (χ1) is 17.9. The van der Waals surface area contributed by atoms with Gasteiger partial charge < -0.3 is 10.0 Å². The molecule has 3 aromatic rings. The smallest absolute Gasteiger partial charge is 0.354 e. The summed E-state index contributed by atoms with van der Waals surface area (Å²) in [6.45, 7) is 2.83. The predicted octanol–water partition coefficient (Wildman–Crippen LogP) is 5.33. The van der Waals surface area contributed by atoms with Crippen LogP contribution in [-0.2, 0) is 0 Å². The number of pyridine rings is 1. The first-order valence-corrected chi connectivity index (χ1v) is 13.5. The van der Waals surface area contributed by atoms with Gasteiger partial charge in [0.15, 0.2) is 11.3 Å². The van der Waals surface area contributed by atoms with Crippen molar-refractivity contribution in [2.24, 2.45) is 5.92 Å². The molecule has 1 N–H and O–H groups in total. The second-order valence-corrected chi connectivity index (χ2v) is 10.9. The molecule has 0 unspecified atom stereocenters. The zero-order valence-electron chi connectivity index (χ0n) is 21.0. The summed E-state index contributed by atoms with van der Waals surface area (Å²) in [5.41, 5.74) is 3.34. The van der Waals surface area contributed by atoms with Gasteiger partial charge in [-0.1, -0.05) is 24.6 Å². The highest BCUT2D eigenvalue weighted by molar-refractivity contribution is 5.98. The Morgan fingerprint density at radius 2 is 1.81 bits per heavy atom. The molecule has 4 heterocycles. The van der Waals surface area contributed by atoms with Crippen LogP contribution in [0.15, 0.2) is 36.4 Å². The molecule has 37 heavy (non-hydrogen) atoms. The molecule has 1 aromatic carbocycles. The highest BCUT2D eigenvalue weighted by atomic mass is 19.3. The molecule has 0 bridgehead atoms. The van der Waals surface area contributed by atoms with Crippen molar-refractivity contribution in [1.29, 1.82) is 0 Å². The third kappa shape index (κ3) is 4.81. The van der Waals surface area contributed by atoms with Crippen molar-refractivity contribution in [2.75, 3.05) is 37.6 Å². The Morgan fingerprint density at radius 3 is 2.46 bits per heavy atom. The number of anilines is 1. The van der Waals surface area contributed by atoms with E-state index in [-0.39, 0.29) is 18.7 Å². The molecular formula is C28H33F2N5O2. The summed E-state index contributed by atoms with van der Waals surface area (Å²) in [5.74, 6) is -2.93. The number of hydrogen-bond acceptors (Lipinski definition) is 5. The molecule has 1 aliphatic carbocycles. The normalized spacial score (nSPS) is 21.3. The minimum atomic E-state index is -2.58. The third-order valence-electron chi connectivity index (χ3n) is 8.30. The number of benzene rings is 1. The maximum atomic E-state index is 13.9. The molecule has 0 radical (unpaired) electrons. The topological polar surface area (TPSA) is 74.5 Å². The van der Waals surface area contributed by atoms with E-state index in [4.69, 9.17) is 5.10 Å². The molecule has 2 aromatic heterocycles. The Bertz CT molecular complexity index is 1280. The number of para-hydroxylation sites is 1. The fraction of sp³-hybridized carbons (Fsp3) is 0.536. The van der Waals surface area contributed by atoms with Crippen LogP contribution in [0.5, 0.6) is 0 Å². The second-order valence-electron chi connectivity index (χ2n) is 10.9. The van der Waals surface area contributed by atoms with E-state index in [1.165, 1.54) is 6.42 Å². The number of carboxylic acid groups (broad SMARTS) is 1. The van der Waals surface area contributed by atoms with Crippen LogP contribution in [-0.4, -0.2) is 69.4 Å². The van der Waals surface area contributed by atoms with E-state index in [1.807, 2.05) is 35.2 Å². The van der Waals surface area contributed by atoms with E-state index in [9.17, 15) is 18.7 Å². The molecule has 0 amide bonds. The maximum absolute atomic E-state index is 13.9. The van der Waals surface area contributed by atoms with Crippen molar-refractivity contribution in [2.45, 2.75) is 56.8 Å². The van der Waals surface area contributed by atoms with Gasteiger partial charge in [-0.2, -0.15) is 5.10 Å². The van der Waals surface area contributed by atoms with E-state index >= 15 is 0 Å². The summed E-state index contributed by atoms with van der Waals surface area (Å²) in [7, 11) is 0. The quantitative estimate of drug-likeness (QED) is 0.484. The van der Waals surface area contributed by atoms with Crippen LogP contribution in [0.2, 0.25) is 0 Å². The maximum Gasteiger partial charge on any atom is 0.354 e. The van der Waals surface area contributed by atoms with Crippen LogP contribution in [0.25, 0.3) is 16.7 Å². The lowest BCUT2D eigenvalue weighted by Gasteiger charge is -2.39. The first-order valence-electron chi connectivity index (χ1n) is 13.5. The number of carbonyl (C=O) groups is 1. The van der Waals surface area contributed by atoms with Gasteiger partial charge in [-0.3, -0.25) is 4.90 Å². The van der Waals surface area contributed by atoms with E-state index in [2.05, 4.69) is 9.88 Å². The van der Waals surface area contributed by atoms with E-state index < -0.39 is 11.9 Å². The molecule has 1 saturated carbocycles. The molecule has 3 fully saturated rings. The van der Waals surface area contributed by atoms with Crippen molar-refractivity contribution < 1.29 is 18.7 Å². The Morgan fingerprint density at radius 1 is 1.05 bits per heavy atom. The number of halogens is 2. The number of hydrogen-bond donors (Lipinski definition) is 1. The zero-order valence-corrected chi connectivity index (χ0v) is 21.0. The second kappa shape index (κ2) is 9.67. The summed E-state index contributed by atoms with van der Waals surface area (Å²) in [4.78, 5) is 20.8. The first kappa shape index (κ1) is 24.3. The van der Waals surface area contributed by atoms with Crippen molar-refractivity contribution in [1.82, 2.24) is 19.7 Å². The molecular weight excluding hydrogens is 476 g/mol. The van der Waals surface area contributed by atoms with Gasteiger partial charge in [-0.05, 0) is 62.8 Å². The molecule has 9 heteroatoms. The monoisotopic (exact) mass is 509 g/mol. The molecule has 3 aliphatic rings. The molecule has 0 spiro atoms. The number of fused-ring (bicyclic) bond motifs is 1. The number of aromatic nitrogens is 3. The van der Waals surface area contributed by atoms with Crippen LogP contribution in [0.3, 0.4) is 0 Å². The van der Waals surface area contributed by atoms with E-state index in [0.717, 1.165) is 67.8 Å². The standard InChI is InChI=1S/C28H33F2N5O2/c29-28(30)12-5-13-33(18-28)17-19-10-14-34(15-11-19)23-16-22(27(36)37)31-26-24(23)25(20-6-4-7-20)32-35(26)21-8-2-1-3-9-21/h1-3,8-9,16,19-20H,4-7,10-15,17-18H2,(H,36,37). The summed E-state index contributed by atoms with van der Waals surface area (Å²) in [6, 6.07) is 11.4. The van der Waals surface area contributed by atoms with Gasteiger partial charge >= 0.3 is 5.97 Å². The fourth-order valence-electron chi connectivity index (χ4n) is 6.12. The average molecular weight is 510 g/mol. The van der Waals surface area contributed by atoms with Crippen molar-refractivity contribution >= 4 is 22.7 Å². The molecule has 2 saturated heterocycles. The Balaban J connectivity index is 1.32. The highest BCUT2D eigenvalue weighted by Crippen LogP contribution is 2.43. The lowest BCUT2D eigenvalue weighted by molar-refractivity contribution is -0.0675. The number of nitrogens with zero attached hydrogens (tertiary/aromatic N) is 5. The van der Waals surface area contributed by atoms with Crippen LogP contribution in [0.4, 0.5) is 14.5 Å². The number of piperidine rings is 2. The van der Waals surface area contributed by atoms with Gasteiger partial charge in [-0.25, -0.2) is 23.2 Å². The van der Waals surface area contributed by atoms with Crippen molar-refractivity contribution in [3.8, 4) is 5.69 Å². The number of aromatic carboxylic acids is 1. The third-order valence-corrected chi connectivity index (χ3v) is 8.30. The number of likely N-dealkylation sites (tertiary alicyclic amines) is 1. The summed E-state index contributed by atoms with van der Waals surface area (Å²) >= 11 is 0. The van der Waals surface area contributed by atoms with Gasteiger partial charge in [0.2, 0.25) is 0 Å². The zero-order chi connectivity index (χ0) is 25.6. The van der Waals surface area contributed by atoms with E-state index in [1.54, 1.807) is 10.7 Å². The molecule has 7 nitrogen and oxygen atoms in total. The largest absolute Gasteiger partial charge is 0.477 e. The van der Waals surface area contributed by atoms with Crippen LogP contribution < -0.4 is 4.90 Å². The van der Waals surface area contributed by atoms with Crippen LogP contribution in [0.1, 0.15) is 67.0 Å². The number of carboxylic acids is 1. The van der Waals surface area contributed by atoms with E-state index in [0.29, 0.717) is 30.4 Å². The van der Waals surface area contributed by atoms with Crippen molar-refractivity contribution in [3.05, 3.63) is 47.8 Å². The molecule has 2 aliphatic heterocycles. The van der Waals surface area contributed by atoms with Gasteiger partial charge in [-0.15, -0.1) is 0 Å². The molecule has 6 rings (SSSR count). The Hall–Kier alpha value is -3.07. The van der Waals surface area contributed by atoms with Crippen molar-refractivity contribution in [3.63, 3.8) is 0 Å². The van der Waals surface area contributed by atoms with Gasteiger partial charge in [0.1, 0.15) is 0 Å². The minimum absolute atomic E-state index is 0.00805. The van der Waals surface area contributed by atoms with Crippen LogP contribution >= 0.6 is 0 Å². The summed E-state index contributed by atoms with van der Waals surface area (Å²) < 4.78 is 29.6. The summed E-state index contributed by atoms with van der Waals surface area (Å²) in [5, 5.41) is 15.8.